The van der Waals surface area contributed by atoms with Crippen LogP contribution in [0.25, 0.3) is 10.9 Å². The first-order valence-electron chi connectivity index (χ1n) is 14.3. The summed E-state index contributed by atoms with van der Waals surface area (Å²) < 4.78 is 0. The molecule has 0 saturated carbocycles. The number of likely N-dealkylation sites (tertiary alicyclic amines) is 1. The summed E-state index contributed by atoms with van der Waals surface area (Å²) in [5.41, 5.74) is 7.59. The topological polar surface area (TPSA) is 54.9 Å². The van der Waals surface area contributed by atoms with Gasteiger partial charge in [0.15, 0.2) is 0 Å². The third kappa shape index (κ3) is 6.12. The van der Waals surface area contributed by atoms with Gasteiger partial charge in [0, 0.05) is 0 Å². The normalized spacial score (nSPS) is 19.0. The molecule has 4 nitrogen and oxygen atoms in total. The van der Waals surface area contributed by atoms with Crippen molar-refractivity contribution in [1.82, 2.24) is 15.2 Å². The van der Waals surface area contributed by atoms with Crippen molar-refractivity contribution in [1.29, 1.82) is 5.26 Å². The minimum atomic E-state index is -0.0896. The Kier molecular flexibility index (Phi) is 8.80. The van der Waals surface area contributed by atoms with Gasteiger partial charge >= 0.3 is 206 Å². The van der Waals surface area contributed by atoms with Gasteiger partial charge in [-0.25, -0.2) is 0 Å². The molecule has 195 valence electrons. The maximum atomic E-state index is 9.39. The molecule has 4 rings (SSSR count). The number of allylic oxidation sites excluding steroid dienone is 3. The summed E-state index contributed by atoms with van der Waals surface area (Å²) in [6.07, 6.45) is 13.1. The van der Waals surface area contributed by atoms with Crippen molar-refractivity contribution in [3.05, 3.63) is 58.4 Å². The standard InChI is InChI=1S/C32H44BN4/c1-6-8-9-16-35-25-14-17-37(18-15-25)28-13-11-24(20-23(28)7-2)30(33)29-26-12-10-22(21-34)19-27(26)36-31(29)32(3,4)5/h10,12-13,19-20,24-25,35-36H,6-9,11,14-18H2,1-5H3. The van der Waals surface area contributed by atoms with Crippen LogP contribution in [0.3, 0.4) is 0 Å². The van der Waals surface area contributed by atoms with Crippen molar-refractivity contribution < 1.29 is 0 Å². The van der Waals surface area contributed by atoms with Gasteiger partial charge in [0.25, 0.3) is 0 Å². The van der Waals surface area contributed by atoms with E-state index in [0.29, 0.717) is 11.6 Å². The number of fused-ring (bicyclic) bond motifs is 1. The molecule has 1 unspecified atom stereocenters. The van der Waals surface area contributed by atoms with Gasteiger partial charge < -0.3 is 0 Å². The van der Waals surface area contributed by atoms with Gasteiger partial charge in [-0.2, -0.15) is 0 Å². The molecular formula is C32H44BN4. The number of H-pyrrole nitrogens is 1. The number of rotatable bonds is 9. The quantitative estimate of drug-likeness (QED) is 0.308. The van der Waals surface area contributed by atoms with Crippen LogP contribution in [-0.4, -0.2) is 48.5 Å². The van der Waals surface area contributed by atoms with Crippen LogP contribution in [0.5, 0.6) is 0 Å². The van der Waals surface area contributed by atoms with E-state index in [1.54, 1.807) is 0 Å². The molecule has 5 heteroatoms. The van der Waals surface area contributed by atoms with E-state index >= 15 is 0 Å². The van der Waals surface area contributed by atoms with E-state index in [9.17, 15) is 5.26 Å². The molecular weight excluding hydrogens is 451 g/mol. The molecule has 0 amide bonds. The summed E-state index contributed by atoms with van der Waals surface area (Å²) in [6.45, 7) is 14.6. The summed E-state index contributed by atoms with van der Waals surface area (Å²) in [6, 6.07) is 8.81. The first-order valence-corrected chi connectivity index (χ1v) is 14.3. The van der Waals surface area contributed by atoms with Crippen molar-refractivity contribution in [3.8, 4) is 6.07 Å². The molecule has 1 aliphatic heterocycles. The zero-order valence-corrected chi connectivity index (χ0v) is 23.6. The summed E-state index contributed by atoms with van der Waals surface area (Å²) >= 11 is 0. The first kappa shape index (κ1) is 27.5. The first-order chi connectivity index (χ1) is 17.8. The number of nitrogens with one attached hydrogen (secondary N) is 2. The van der Waals surface area contributed by atoms with Crippen molar-refractivity contribution in [3.63, 3.8) is 0 Å². The molecule has 1 atom stereocenters. The van der Waals surface area contributed by atoms with Crippen LogP contribution in [0, 0.1) is 17.2 Å². The van der Waals surface area contributed by atoms with E-state index < -0.39 is 0 Å². The van der Waals surface area contributed by atoms with Crippen LogP contribution in [0.1, 0.15) is 96.4 Å². The number of nitrogens with zero attached hydrogens (tertiary/aromatic N) is 2. The molecule has 1 fully saturated rings. The molecule has 1 radical (unpaired) electrons. The second-order valence-corrected chi connectivity index (χ2v) is 11.9. The van der Waals surface area contributed by atoms with Gasteiger partial charge in [-0.3, -0.25) is 0 Å². The zero-order chi connectivity index (χ0) is 26.6. The summed E-state index contributed by atoms with van der Waals surface area (Å²) in [7, 11) is 7.01. The number of hydrogen-bond donors (Lipinski definition) is 2. The average Bonchev–Trinajstić information content (AvgIpc) is 3.30. The monoisotopic (exact) mass is 495 g/mol. The van der Waals surface area contributed by atoms with E-state index in [-0.39, 0.29) is 11.3 Å². The van der Waals surface area contributed by atoms with Crippen LogP contribution in [0.4, 0.5) is 0 Å². The molecule has 1 aliphatic carbocycles. The summed E-state index contributed by atoms with van der Waals surface area (Å²) in [4.78, 5) is 6.21. The van der Waals surface area contributed by atoms with Gasteiger partial charge in [0.2, 0.25) is 0 Å². The third-order valence-electron chi connectivity index (χ3n) is 8.09. The molecule has 1 saturated heterocycles. The van der Waals surface area contributed by atoms with Crippen LogP contribution in [0.15, 0.2) is 41.6 Å². The number of aromatic nitrogens is 1. The molecule has 2 aromatic rings. The number of piperidine rings is 1. The van der Waals surface area contributed by atoms with Crippen molar-refractivity contribution >= 4 is 23.9 Å². The second-order valence-electron chi connectivity index (χ2n) is 11.9. The van der Waals surface area contributed by atoms with Crippen LogP contribution >= 0.6 is 0 Å². The fourth-order valence-electron chi connectivity index (χ4n) is 5.93. The zero-order valence-electron chi connectivity index (χ0n) is 23.6. The van der Waals surface area contributed by atoms with E-state index in [4.69, 9.17) is 7.49 Å². The molecule has 0 spiro atoms. The van der Waals surface area contributed by atoms with Crippen LogP contribution < -0.4 is 5.32 Å². The van der Waals surface area contributed by atoms with Gasteiger partial charge in [0.1, 0.15) is 0 Å². The Bertz CT molecular complexity index is 1210. The SMILES string of the molecule is [B]=C(c1c(C(C)(C)C)[nH]c2cc(C#N)ccc12)C1C=C(CC)C(N2CCC(NCCCCC)CC2)=CC1. The molecule has 2 aliphatic rings. The van der Waals surface area contributed by atoms with E-state index in [1.165, 1.54) is 43.4 Å². The molecule has 0 bridgehead atoms. The number of benzene rings is 1. The third-order valence-corrected chi connectivity index (χ3v) is 8.09. The van der Waals surface area contributed by atoms with E-state index in [1.807, 2.05) is 12.1 Å². The van der Waals surface area contributed by atoms with Gasteiger partial charge in [-0.1, -0.05) is 19.8 Å². The van der Waals surface area contributed by atoms with Crippen LogP contribution in [0.2, 0.25) is 0 Å². The van der Waals surface area contributed by atoms with Crippen molar-refractivity contribution in [2.45, 2.75) is 91.0 Å². The molecule has 1 aromatic carbocycles. The van der Waals surface area contributed by atoms with Crippen molar-refractivity contribution in [2.24, 2.45) is 5.92 Å². The second kappa shape index (κ2) is 11.9. The predicted molar refractivity (Wildman–Crippen MR) is 158 cm³/mol. The Hall–Kier alpha value is -2.58. The fourth-order valence-corrected chi connectivity index (χ4v) is 5.93. The number of unbranched alkanes of at least 4 members (excludes halogenated alkanes) is 2. The van der Waals surface area contributed by atoms with Gasteiger partial charge in [-0.15, -0.1) is 0 Å². The molecule has 2 N–H and O–H groups in total. The van der Waals surface area contributed by atoms with Gasteiger partial charge in [-0.05, 0) is 0 Å². The molecule has 1 aromatic heterocycles. The number of nitriles is 1. The van der Waals surface area contributed by atoms with Crippen molar-refractivity contribution in [2.75, 3.05) is 19.6 Å². The summed E-state index contributed by atoms with van der Waals surface area (Å²) in [5, 5.41) is 14.3. The Labute approximate surface area is 225 Å². The molecule has 2 heterocycles. The number of aromatic amines is 1. The average molecular weight is 496 g/mol. The predicted octanol–water partition coefficient (Wildman–Crippen LogP) is 6.51. The Morgan fingerprint density at radius 1 is 1.19 bits per heavy atom. The van der Waals surface area contributed by atoms with E-state index in [0.717, 1.165) is 60.1 Å². The van der Waals surface area contributed by atoms with Crippen LogP contribution in [-0.2, 0) is 5.41 Å². The minimum absolute atomic E-state index is 0.0896. The molecule has 37 heavy (non-hydrogen) atoms. The Balaban J connectivity index is 1.51. The number of hydrogen-bond acceptors (Lipinski definition) is 3. The van der Waals surface area contributed by atoms with Gasteiger partial charge in [0.05, 0.1) is 0 Å². The Morgan fingerprint density at radius 3 is 2.59 bits per heavy atom. The fraction of sp³-hybridized carbons (Fsp3) is 0.562. The Morgan fingerprint density at radius 2 is 1.95 bits per heavy atom. The van der Waals surface area contributed by atoms with E-state index in [2.05, 4.69) is 74.1 Å². The summed E-state index contributed by atoms with van der Waals surface area (Å²) in [5.74, 6) is 0.173. The maximum absolute atomic E-state index is 9.39.